The monoisotopic (exact) mass is 288 g/mol. The lowest BCUT2D eigenvalue weighted by molar-refractivity contribution is 0.102. The van der Waals surface area contributed by atoms with Gasteiger partial charge in [-0.25, -0.2) is 4.98 Å². The first-order valence-electron chi connectivity index (χ1n) is 6.21. The van der Waals surface area contributed by atoms with Gasteiger partial charge in [0.05, 0.1) is 6.61 Å². The average Bonchev–Trinajstić information content (AvgIpc) is 3.12. The molecule has 0 unspecified atom stereocenters. The van der Waals surface area contributed by atoms with Gasteiger partial charge in [0.2, 0.25) is 0 Å². The fraction of sp³-hybridized carbons (Fsp3) is 0.615. The third kappa shape index (κ3) is 4.73. The first-order valence-corrected chi connectivity index (χ1v) is 6.97. The van der Waals surface area contributed by atoms with Crippen LogP contribution in [0.2, 0.25) is 10.2 Å². The summed E-state index contributed by atoms with van der Waals surface area (Å²) in [6.07, 6.45) is 4.40. The molecule has 2 rings (SSSR count). The molecule has 1 aliphatic rings. The Bertz CT molecular complexity index is 397. The summed E-state index contributed by atoms with van der Waals surface area (Å²) in [5, 5.41) is 1.10. The van der Waals surface area contributed by atoms with Crippen LogP contribution in [0.25, 0.3) is 0 Å². The maximum atomic E-state index is 6.10. The number of pyridine rings is 1. The highest BCUT2D eigenvalue weighted by Gasteiger charge is 2.20. The van der Waals surface area contributed by atoms with Gasteiger partial charge in [-0.2, -0.15) is 0 Å². The van der Waals surface area contributed by atoms with Gasteiger partial charge >= 0.3 is 0 Å². The predicted molar refractivity (Wildman–Crippen MR) is 74.1 cm³/mol. The second-order valence-electron chi connectivity index (χ2n) is 4.85. The van der Waals surface area contributed by atoms with Crippen molar-refractivity contribution < 1.29 is 4.74 Å². The highest BCUT2D eigenvalue weighted by Crippen LogP contribution is 2.28. The topological polar surface area (TPSA) is 25.4 Å². The molecule has 0 atom stereocenters. The van der Waals surface area contributed by atoms with Crippen molar-refractivity contribution in [1.82, 2.24) is 9.88 Å². The van der Waals surface area contributed by atoms with Crippen molar-refractivity contribution in [2.75, 3.05) is 26.8 Å². The molecule has 0 bridgehead atoms. The molecule has 3 nitrogen and oxygen atoms in total. The summed E-state index contributed by atoms with van der Waals surface area (Å²) in [7, 11) is 2.05. The van der Waals surface area contributed by atoms with Gasteiger partial charge < -0.3 is 4.74 Å². The first-order chi connectivity index (χ1) is 8.65. The molecule has 1 aliphatic carbocycles. The van der Waals surface area contributed by atoms with Crippen LogP contribution in [0, 0.1) is 5.92 Å². The SMILES string of the molecule is CN(CCOCC1CC1)Cc1cnc(Cl)cc1Cl. The molecule has 0 amide bonds. The van der Waals surface area contributed by atoms with Crippen LogP contribution < -0.4 is 0 Å². The van der Waals surface area contributed by atoms with Crippen LogP contribution in [0.3, 0.4) is 0 Å². The predicted octanol–water partition coefficient (Wildman–Crippen LogP) is 3.25. The third-order valence-electron chi connectivity index (χ3n) is 3.00. The van der Waals surface area contributed by atoms with E-state index in [1.807, 2.05) is 7.05 Å². The van der Waals surface area contributed by atoms with Crippen molar-refractivity contribution in [2.45, 2.75) is 19.4 Å². The van der Waals surface area contributed by atoms with Crippen molar-refractivity contribution in [2.24, 2.45) is 5.92 Å². The summed E-state index contributed by atoms with van der Waals surface area (Å²) in [6.45, 7) is 3.34. The molecule has 0 aromatic carbocycles. The fourth-order valence-corrected chi connectivity index (χ4v) is 2.10. The van der Waals surface area contributed by atoms with Crippen LogP contribution in [-0.2, 0) is 11.3 Å². The van der Waals surface area contributed by atoms with Crippen LogP contribution in [0.1, 0.15) is 18.4 Å². The van der Waals surface area contributed by atoms with Gasteiger partial charge in [-0.3, -0.25) is 4.90 Å². The Balaban J connectivity index is 1.70. The molecule has 1 heterocycles. The lowest BCUT2D eigenvalue weighted by atomic mass is 10.2. The largest absolute Gasteiger partial charge is 0.380 e. The summed E-state index contributed by atoms with van der Waals surface area (Å²) in [6, 6.07) is 1.68. The van der Waals surface area contributed by atoms with E-state index in [0.29, 0.717) is 10.2 Å². The van der Waals surface area contributed by atoms with Gasteiger partial charge in [-0.05, 0) is 31.9 Å². The lowest BCUT2D eigenvalue weighted by Crippen LogP contribution is -2.23. The zero-order valence-corrected chi connectivity index (χ0v) is 12.0. The number of ether oxygens (including phenoxy) is 1. The second-order valence-corrected chi connectivity index (χ2v) is 5.65. The molecular formula is C13H18Cl2N2O. The molecule has 0 spiro atoms. The summed E-state index contributed by atoms with van der Waals surface area (Å²) in [5.74, 6) is 0.824. The summed E-state index contributed by atoms with van der Waals surface area (Å²) >= 11 is 11.9. The molecule has 1 fully saturated rings. The average molecular weight is 289 g/mol. The van der Waals surface area contributed by atoms with E-state index >= 15 is 0 Å². The lowest BCUT2D eigenvalue weighted by Gasteiger charge is -2.17. The summed E-state index contributed by atoms with van der Waals surface area (Å²) < 4.78 is 5.60. The second kappa shape index (κ2) is 6.71. The van der Waals surface area contributed by atoms with Crippen LogP contribution in [0.5, 0.6) is 0 Å². The van der Waals surface area contributed by atoms with Crippen molar-refractivity contribution in [1.29, 1.82) is 0 Å². The van der Waals surface area contributed by atoms with E-state index in [1.165, 1.54) is 12.8 Å². The molecule has 1 aromatic rings. The number of aromatic nitrogens is 1. The normalized spacial score (nSPS) is 15.3. The Morgan fingerprint density at radius 2 is 2.22 bits per heavy atom. The smallest absolute Gasteiger partial charge is 0.130 e. The van der Waals surface area contributed by atoms with Crippen LogP contribution in [0.4, 0.5) is 0 Å². The highest BCUT2D eigenvalue weighted by atomic mass is 35.5. The molecule has 100 valence electrons. The molecular weight excluding hydrogens is 271 g/mol. The molecule has 18 heavy (non-hydrogen) atoms. The zero-order valence-electron chi connectivity index (χ0n) is 10.5. The Hall–Kier alpha value is -0.350. The van der Waals surface area contributed by atoms with Crippen molar-refractivity contribution in [3.05, 3.63) is 28.0 Å². The number of rotatable bonds is 7. The number of halogens is 2. The molecule has 0 saturated heterocycles. The minimum atomic E-state index is 0.430. The van der Waals surface area contributed by atoms with Gasteiger partial charge in [0.1, 0.15) is 5.15 Å². The Morgan fingerprint density at radius 1 is 1.44 bits per heavy atom. The van der Waals surface area contributed by atoms with Gasteiger partial charge in [-0.1, -0.05) is 23.2 Å². The van der Waals surface area contributed by atoms with E-state index in [1.54, 1.807) is 12.3 Å². The number of hydrogen-bond donors (Lipinski definition) is 0. The van der Waals surface area contributed by atoms with Crippen molar-refractivity contribution in [3.63, 3.8) is 0 Å². The fourth-order valence-electron chi connectivity index (χ4n) is 1.68. The molecule has 0 N–H and O–H groups in total. The Labute approximate surface area is 118 Å². The van der Waals surface area contributed by atoms with E-state index in [9.17, 15) is 0 Å². The highest BCUT2D eigenvalue weighted by molar-refractivity contribution is 6.34. The zero-order chi connectivity index (χ0) is 13.0. The van der Waals surface area contributed by atoms with Crippen molar-refractivity contribution in [3.8, 4) is 0 Å². The molecule has 1 saturated carbocycles. The quantitative estimate of drug-likeness (QED) is 0.569. The van der Waals surface area contributed by atoms with E-state index in [0.717, 1.165) is 37.8 Å². The minimum Gasteiger partial charge on any atom is -0.380 e. The van der Waals surface area contributed by atoms with Crippen molar-refractivity contribution >= 4 is 23.2 Å². The number of hydrogen-bond acceptors (Lipinski definition) is 3. The van der Waals surface area contributed by atoms with Gasteiger partial charge in [-0.15, -0.1) is 0 Å². The molecule has 1 aromatic heterocycles. The summed E-state index contributed by atoms with van der Waals surface area (Å²) in [4.78, 5) is 6.21. The number of nitrogens with zero attached hydrogens (tertiary/aromatic N) is 2. The molecule has 0 aliphatic heterocycles. The number of likely N-dealkylation sites (N-methyl/N-ethyl adjacent to an activating group) is 1. The van der Waals surface area contributed by atoms with E-state index < -0.39 is 0 Å². The van der Waals surface area contributed by atoms with Crippen LogP contribution >= 0.6 is 23.2 Å². The third-order valence-corrected chi connectivity index (χ3v) is 3.56. The first kappa shape index (κ1) is 14.1. The van der Waals surface area contributed by atoms with Gasteiger partial charge in [0.25, 0.3) is 0 Å². The Kier molecular flexibility index (Phi) is 5.25. The van der Waals surface area contributed by atoms with Crippen LogP contribution in [0.15, 0.2) is 12.3 Å². The van der Waals surface area contributed by atoms with E-state index in [4.69, 9.17) is 27.9 Å². The van der Waals surface area contributed by atoms with Gasteiger partial charge in [0.15, 0.2) is 0 Å². The standard InChI is InChI=1S/C13H18Cl2N2O/c1-17(4-5-18-9-10-2-3-10)8-11-7-16-13(15)6-12(11)14/h6-7,10H,2-5,8-9H2,1H3. The molecule has 5 heteroatoms. The van der Waals surface area contributed by atoms with E-state index in [2.05, 4.69) is 9.88 Å². The minimum absolute atomic E-state index is 0.430. The maximum absolute atomic E-state index is 6.10. The van der Waals surface area contributed by atoms with Crippen LogP contribution in [-0.4, -0.2) is 36.7 Å². The molecule has 0 radical (unpaired) electrons. The van der Waals surface area contributed by atoms with E-state index in [-0.39, 0.29) is 0 Å². The summed E-state index contributed by atoms with van der Waals surface area (Å²) in [5.41, 5.74) is 0.991. The van der Waals surface area contributed by atoms with Gasteiger partial charge in [0, 0.05) is 36.5 Å². The Morgan fingerprint density at radius 3 is 2.89 bits per heavy atom. The maximum Gasteiger partial charge on any atom is 0.130 e.